The summed E-state index contributed by atoms with van der Waals surface area (Å²) >= 11 is 0. The fraction of sp³-hybridized carbons (Fsp3) is 0.600. The minimum absolute atomic E-state index is 0.733. The van der Waals surface area contributed by atoms with Crippen LogP contribution in [0, 0.1) is 12.8 Å². The van der Waals surface area contributed by atoms with Crippen molar-refractivity contribution in [3.05, 3.63) is 35.4 Å². The molecule has 96 valence electrons. The van der Waals surface area contributed by atoms with E-state index in [1.54, 1.807) is 0 Å². The zero-order valence-electron chi connectivity index (χ0n) is 11.7. The SMILES string of the molecule is Cc1cccc(CN(C)CCNCC(C)C)c1. The Labute approximate surface area is 106 Å². The average molecular weight is 234 g/mol. The largest absolute Gasteiger partial charge is 0.315 e. The molecule has 0 bridgehead atoms. The van der Waals surface area contributed by atoms with Gasteiger partial charge >= 0.3 is 0 Å². The standard InChI is InChI=1S/C15H26N2/c1-13(2)11-16-8-9-17(4)12-15-7-5-6-14(3)10-15/h5-7,10,13,16H,8-9,11-12H2,1-4H3. The van der Waals surface area contributed by atoms with Gasteiger partial charge in [-0.1, -0.05) is 43.7 Å². The van der Waals surface area contributed by atoms with Crippen molar-refractivity contribution in [2.45, 2.75) is 27.3 Å². The van der Waals surface area contributed by atoms with Gasteiger partial charge in [-0.2, -0.15) is 0 Å². The summed E-state index contributed by atoms with van der Waals surface area (Å²) in [6, 6.07) is 8.74. The summed E-state index contributed by atoms with van der Waals surface area (Å²) in [7, 11) is 2.18. The number of likely N-dealkylation sites (N-methyl/N-ethyl adjacent to an activating group) is 1. The Kier molecular flexibility index (Phi) is 6.23. The molecular formula is C15H26N2. The van der Waals surface area contributed by atoms with E-state index < -0.39 is 0 Å². The fourth-order valence-electron chi connectivity index (χ4n) is 1.86. The van der Waals surface area contributed by atoms with Crippen LogP contribution in [0.2, 0.25) is 0 Å². The number of nitrogens with one attached hydrogen (secondary N) is 1. The number of hydrogen-bond acceptors (Lipinski definition) is 2. The minimum atomic E-state index is 0.733. The maximum Gasteiger partial charge on any atom is 0.0231 e. The van der Waals surface area contributed by atoms with E-state index >= 15 is 0 Å². The Morgan fingerprint density at radius 2 is 2.06 bits per heavy atom. The van der Waals surface area contributed by atoms with E-state index in [-0.39, 0.29) is 0 Å². The number of benzene rings is 1. The molecule has 0 radical (unpaired) electrons. The van der Waals surface area contributed by atoms with Gasteiger partial charge in [0.05, 0.1) is 0 Å². The highest BCUT2D eigenvalue weighted by Crippen LogP contribution is 2.06. The Morgan fingerprint density at radius 1 is 1.29 bits per heavy atom. The lowest BCUT2D eigenvalue weighted by Gasteiger charge is -2.17. The minimum Gasteiger partial charge on any atom is -0.315 e. The van der Waals surface area contributed by atoms with Gasteiger partial charge in [-0.25, -0.2) is 0 Å². The fourth-order valence-corrected chi connectivity index (χ4v) is 1.86. The third kappa shape index (κ3) is 6.44. The first-order chi connectivity index (χ1) is 8.08. The molecule has 0 atom stereocenters. The molecular weight excluding hydrogens is 208 g/mol. The highest BCUT2D eigenvalue weighted by Gasteiger charge is 2.00. The summed E-state index contributed by atoms with van der Waals surface area (Å²) in [6.45, 7) is 10.9. The summed E-state index contributed by atoms with van der Waals surface area (Å²) in [5.41, 5.74) is 2.74. The van der Waals surface area contributed by atoms with Crippen LogP contribution in [-0.4, -0.2) is 31.6 Å². The third-order valence-corrected chi connectivity index (χ3v) is 2.76. The van der Waals surface area contributed by atoms with Crippen molar-refractivity contribution in [2.24, 2.45) is 5.92 Å². The van der Waals surface area contributed by atoms with Crippen LogP contribution in [0.15, 0.2) is 24.3 Å². The van der Waals surface area contributed by atoms with E-state index in [0.29, 0.717) is 0 Å². The Hall–Kier alpha value is -0.860. The first-order valence-corrected chi connectivity index (χ1v) is 6.52. The lowest BCUT2D eigenvalue weighted by Crippen LogP contribution is -2.30. The van der Waals surface area contributed by atoms with Crippen LogP contribution in [0.25, 0.3) is 0 Å². The molecule has 17 heavy (non-hydrogen) atoms. The molecule has 1 rings (SSSR count). The van der Waals surface area contributed by atoms with Gasteiger partial charge in [0.25, 0.3) is 0 Å². The van der Waals surface area contributed by atoms with Gasteiger partial charge in [-0.05, 0) is 32.0 Å². The van der Waals surface area contributed by atoms with Gasteiger partial charge in [0.1, 0.15) is 0 Å². The molecule has 2 nitrogen and oxygen atoms in total. The second-order valence-electron chi connectivity index (χ2n) is 5.32. The van der Waals surface area contributed by atoms with Crippen LogP contribution in [-0.2, 0) is 6.54 Å². The zero-order chi connectivity index (χ0) is 12.7. The maximum absolute atomic E-state index is 3.47. The summed E-state index contributed by atoms with van der Waals surface area (Å²) in [6.07, 6.45) is 0. The van der Waals surface area contributed by atoms with Gasteiger partial charge in [0.15, 0.2) is 0 Å². The van der Waals surface area contributed by atoms with Gasteiger partial charge in [0, 0.05) is 19.6 Å². The topological polar surface area (TPSA) is 15.3 Å². The summed E-state index contributed by atoms with van der Waals surface area (Å²) in [5.74, 6) is 0.733. The Morgan fingerprint density at radius 3 is 2.71 bits per heavy atom. The number of nitrogens with zero attached hydrogens (tertiary/aromatic N) is 1. The quantitative estimate of drug-likeness (QED) is 0.730. The molecule has 0 aliphatic carbocycles. The monoisotopic (exact) mass is 234 g/mol. The second-order valence-corrected chi connectivity index (χ2v) is 5.32. The van der Waals surface area contributed by atoms with Crippen molar-refractivity contribution >= 4 is 0 Å². The molecule has 0 amide bonds. The maximum atomic E-state index is 3.47. The van der Waals surface area contributed by atoms with Crippen LogP contribution in [0.5, 0.6) is 0 Å². The summed E-state index contributed by atoms with van der Waals surface area (Å²) < 4.78 is 0. The predicted molar refractivity (Wildman–Crippen MR) is 75.2 cm³/mol. The zero-order valence-corrected chi connectivity index (χ0v) is 11.7. The van der Waals surface area contributed by atoms with Crippen molar-refractivity contribution < 1.29 is 0 Å². The van der Waals surface area contributed by atoms with Gasteiger partial charge in [-0.15, -0.1) is 0 Å². The van der Waals surface area contributed by atoms with Gasteiger partial charge < -0.3 is 10.2 Å². The highest BCUT2D eigenvalue weighted by atomic mass is 15.1. The molecule has 0 spiro atoms. The molecule has 0 saturated carbocycles. The van der Waals surface area contributed by atoms with Crippen molar-refractivity contribution in [1.29, 1.82) is 0 Å². The lowest BCUT2D eigenvalue weighted by molar-refractivity contribution is 0.321. The van der Waals surface area contributed by atoms with Crippen molar-refractivity contribution in [3.63, 3.8) is 0 Å². The van der Waals surface area contributed by atoms with Crippen LogP contribution in [0.1, 0.15) is 25.0 Å². The molecule has 0 aromatic heterocycles. The van der Waals surface area contributed by atoms with Crippen LogP contribution < -0.4 is 5.32 Å². The first kappa shape index (κ1) is 14.2. The molecule has 2 heteroatoms. The predicted octanol–water partition coefficient (Wildman–Crippen LogP) is 2.67. The molecule has 0 saturated heterocycles. The molecule has 0 heterocycles. The summed E-state index contributed by atoms with van der Waals surface area (Å²) in [5, 5.41) is 3.47. The molecule has 1 aromatic rings. The van der Waals surface area contributed by atoms with Gasteiger partial charge in [-0.3, -0.25) is 0 Å². The van der Waals surface area contributed by atoms with Crippen LogP contribution in [0.3, 0.4) is 0 Å². The number of aryl methyl sites for hydroxylation is 1. The van der Waals surface area contributed by atoms with E-state index in [9.17, 15) is 0 Å². The number of rotatable bonds is 7. The third-order valence-electron chi connectivity index (χ3n) is 2.76. The van der Waals surface area contributed by atoms with E-state index in [0.717, 1.165) is 32.1 Å². The molecule has 1 aromatic carbocycles. The van der Waals surface area contributed by atoms with Crippen LogP contribution >= 0.6 is 0 Å². The molecule has 0 fully saturated rings. The summed E-state index contributed by atoms with van der Waals surface area (Å²) in [4.78, 5) is 2.36. The van der Waals surface area contributed by atoms with Crippen molar-refractivity contribution in [2.75, 3.05) is 26.7 Å². The van der Waals surface area contributed by atoms with E-state index in [4.69, 9.17) is 0 Å². The van der Waals surface area contributed by atoms with E-state index in [1.165, 1.54) is 11.1 Å². The van der Waals surface area contributed by atoms with Crippen molar-refractivity contribution in [1.82, 2.24) is 10.2 Å². The first-order valence-electron chi connectivity index (χ1n) is 6.52. The van der Waals surface area contributed by atoms with E-state index in [2.05, 4.69) is 62.3 Å². The normalized spacial score (nSPS) is 11.4. The molecule has 0 unspecified atom stereocenters. The Balaban J connectivity index is 2.23. The molecule has 0 aliphatic rings. The highest BCUT2D eigenvalue weighted by molar-refractivity contribution is 5.21. The van der Waals surface area contributed by atoms with Gasteiger partial charge in [0.2, 0.25) is 0 Å². The lowest BCUT2D eigenvalue weighted by atomic mass is 10.1. The van der Waals surface area contributed by atoms with Crippen LogP contribution in [0.4, 0.5) is 0 Å². The van der Waals surface area contributed by atoms with Crippen molar-refractivity contribution in [3.8, 4) is 0 Å². The smallest absolute Gasteiger partial charge is 0.0231 e. The van der Waals surface area contributed by atoms with E-state index in [1.807, 2.05) is 0 Å². The molecule has 1 N–H and O–H groups in total. The number of hydrogen-bond donors (Lipinski definition) is 1. The Bertz CT molecular complexity index is 320. The average Bonchev–Trinajstić information content (AvgIpc) is 2.24. The second kappa shape index (κ2) is 7.46. The molecule has 0 aliphatic heterocycles.